The van der Waals surface area contributed by atoms with Gasteiger partial charge in [0.1, 0.15) is 4.90 Å². The summed E-state index contributed by atoms with van der Waals surface area (Å²) in [4.78, 5) is 4.10. The van der Waals surface area contributed by atoms with Crippen LogP contribution in [0.15, 0.2) is 47.6 Å². The standard InChI is InChI=1S/C15H17N3O2S/c1-16-14-6-7-17-10-15(14)21(19,20)18-13-8-11-4-2-3-5-12(11)9-13/h2-7,10,13,18H,8-9H2,1H3,(H,16,17). The van der Waals surface area contributed by atoms with Crippen molar-refractivity contribution in [2.45, 2.75) is 23.8 Å². The fourth-order valence-corrected chi connectivity index (χ4v) is 4.12. The lowest BCUT2D eigenvalue weighted by Crippen LogP contribution is -2.35. The second kappa shape index (κ2) is 5.46. The monoisotopic (exact) mass is 303 g/mol. The van der Waals surface area contributed by atoms with E-state index in [1.54, 1.807) is 19.3 Å². The maximum absolute atomic E-state index is 12.5. The molecule has 0 aliphatic heterocycles. The van der Waals surface area contributed by atoms with Gasteiger partial charge in [0, 0.05) is 25.5 Å². The molecule has 0 atom stereocenters. The van der Waals surface area contributed by atoms with Crippen LogP contribution in [0, 0.1) is 0 Å². The lowest BCUT2D eigenvalue weighted by atomic mass is 10.1. The second-order valence-electron chi connectivity index (χ2n) is 5.12. The number of hydrogen-bond acceptors (Lipinski definition) is 4. The third-order valence-electron chi connectivity index (χ3n) is 3.72. The van der Waals surface area contributed by atoms with E-state index in [1.165, 1.54) is 17.3 Å². The quantitative estimate of drug-likeness (QED) is 0.899. The van der Waals surface area contributed by atoms with Gasteiger partial charge in [-0.2, -0.15) is 0 Å². The molecule has 0 saturated heterocycles. The largest absolute Gasteiger partial charge is 0.387 e. The van der Waals surface area contributed by atoms with Crippen LogP contribution in [0.4, 0.5) is 5.69 Å². The molecule has 1 aromatic heterocycles. The summed E-state index contributed by atoms with van der Waals surface area (Å²) in [5.41, 5.74) is 2.98. The normalized spacial score (nSPS) is 14.9. The van der Waals surface area contributed by atoms with E-state index in [0.29, 0.717) is 5.69 Å². The first-order valence-electron chi connectivity index (χ1n) is 6.81. The highest BCUT2D eigenvalue weighted by molar-refractivity contribution is 7.89. The van der Waals surface area contributed by atoms with Gasteiger partial charge in [0.05, 0.1) is 5.69 Å². The Labute approximate surface area is 124 Å². The van der Waals surface area contributed by atoms with Gasteiger partial charge in [0.15, 0.2) is 0 Å². The van der Waals surface area contributed by atoms with Crippen molar-refractivity contribution in [3.63, 3.8) is 0 Å². The maximum atomic E-state index is 12.5. The molecule has 6 heteroatoms. The molecule has 0 unspecified atom stereocenters. The first-order valence-corrected chi connectivity index (χ1v) is 8.29. The van der Waals surface area contributed by atoms with E-state index in [1.807, 2.05) is 24.3 Å². The molecule has 1 aromatic carbocycles. The van der Waals surface area contributed by atoms with E-state index in [9.17, 15) is 8.42 Å². The van der Waals surface area contributed by atoms with E-state index in [0.717, 1.165) is 12.8 Å². The molecule has 0 spiro atoms. The predicted molar refractivity (Wildman–Crippen MR) is 81.7 cm³/mol. The fraction of sp³-hybridized carbons (Fsp3) is 0.267. The first-order chi connectivity index (χ1) is 10.1. The van der Waals surface area contributed by atoms with Crippen molar-refractivity contribution in [3.05, 3.63) is 53.9 Å². The van der Waals surface area contributed by atoms with Gasteiger partial charge in [-0.1, -0.05) is 24.3 Å². The summed E-state index contributed by atoms with van der Waals surface area (Å²) in [5.74, 6) is 0. The van der Waals surface area contributed by atoms with Gasteiger partial charge in [-0.25, -0.2) is 13.1 Å². The number of anilines is 1. The SMILES string of the molecule is CNc1ccncc1S(=O)(=O)NC1Cc2ccccc2C1. The van der Waals surface area contributed by atoms with Crippen LogP contribution in [-0.2, 0) is 22.9 Å². The number of aromatic nitrogens is 1. The highest BCUT2D eigenvalue weighted by Gasteiger charge is 2.27. The van der Waals surface area contributed by atoms with Crippen LogP contribution < -0.4 is 10.0 Å². The highest BCUT2D eigenvalue weighted by atomic mass is 32.2. The molecule has 3 rings (SSSR count). The number of hydrogen-bond donors (Lipinski definition) is 2. The minimum Gasteiger partial charge on any atom is -0.387 e. The summed E-state index contributed by atoms with van der Waals surface area (Å²) >= 11 is 0. The molecule has 5 nitrogen and oxygen atoms in total. The zero-order chi connectivity index (χ0) is 14.9. The van der Waals surface area contributed by atoms with Crippen LogP contribution >= 0.6 is 0 Å². The van der Waals surface area contributed by atoms with E-state index in [4.69, 9.17) is 0 Å². The number of benzene rings is 1. The summed E-state index contributed by atoms with van der Waals surface area (Å²) < 4.78 is 27.8. The molecule has 0 fully saturated rings. The topological polar surface area (TPSA) is 71.1 Å². The van der Waals surface area contributed by atoms with Crippen LogP contribution in [0.25, 0.3) is 0 Å². The summed E-state index contributed by atoms with van der Waals surface area (Å²) in [7, 11) is -1.88. The van der Waals surface area contributed by atoms with Crippen LogP contribution in [-0.4, -0.2) is 26.5 Å². The van der Waals surface area contributed by atoms with E-state index in [2.05, 4.69) is 15.0 Å². The highest BCUT2D eigenvalue weighted by Crippen LogP contribution is 2.24. The van der Waals surface area contributed by atoms with Gasteiger partial charge < -0.3 is 5.32 Å². The lowest BCUT2D eigenvalue weighted by Gasteiger charge is -2.14. The number of nitrogens with one attached hydrogen (secondary N) is 2. The number of fused-ring (bicyclic) bond motifs is 1. The van der Waals surface area contributed by atoms with Gasteiger partial charge in [-0.05, 0) is 30.0 Å². The molecule has 2 N–H and O–H groups in total. The van der Waals surface area contributed by atoms with Crippen LogP contribution in [0.1, 0.15) is 11.1 Å². The molecule has 110 valence electrons. The Morgan fingerprint density at radius 1 is 1.14 bits per heavy atom. The molecule has 0 amide bonds. The Morgan fingerprint density at radius 3 is 2.43 bits per heavy atom. The van der Waals surface area contributed by atoms with Crippen molar-refractivity contribution in [2.24, 2.45) is 0 Å². The minimum absolute atomic E-state index is 0.0997. The number of pyridine rings is 1. The zero-order valence-corrected chi connectivity index (χ0v) is 12.5. The summed E-state index contributed by atoms with van der Waals surface area (Å²) in [6, 6.07) is 9.61. The van der Waals surface area contributed by atoms with Crippen LogP contribution in [0.5, 0.6) is 0 Å². The number of sulfonamides is 1. The van der Waals surface area contributed by atoms with E-state index >= 15 is 0 Å². The van der Waals surface area contributed by atoms with E-state index in [-0.39, 0.29) is 10.9 Å². The molecule has 0 bridgehead atoms. The maximum Gasteiger partial charge on any atom is 0.244 e. The number of rotatable bonds is 4. The Kier molecular flexibility index (Phi) is 3.65. The third-order valence-corrected chi connectivity index (χ3v) is 5.26. The molecule has 1 aliphatic rings. The molecular formula is C15H17N3O2S. The summed E-state index contributed by atoms with van der Waals surface area (Å²) in [6.07, 6.45) is 4.39. The van der Waals surface area contributed by atoms with E-state index < -0.39 is 10.0 Å². The third kappa shape index (κ3) is 2.77. The fourth-order valence-electron chi connectivity index (χ4n) is 2.73. The zero-order valence-electron chi connectivity index (χ0n) is 11.7. The van der Waals surface area contributed by atoms with Gasteiger partial charge >= 0.3 is 0 Å². The van der Waals surface area contributed by atoms with Crippen LogP contribution in [0.2, 0.25) is 0 Å². The Morgan fingerprint density at radius 2 is 1.81 bits per heavy atom. The molecule has 0 saturated carbocycles. The molecule has 1 aliphatic carbocycles. The minimum atomic E-state index is -3.58. The van der Waals surface area contributed by atoms with Crippen molar-refractivity contribution in [2.75, 3.05) is 12.4 Å². The second-order valence-corrected chi connectivity index (χ2v) is 6.80. The van der Waals surface area contributed by atoms with Gasteiger partial charge in [0.2, 0.25) is 10.0 Å². The van der Waals surface area contributed by atoms with Crippen molar-refractivity contribution < 1.29 is 8.42 Å². The Balaban J connectivity index is 1.82. The van der Waals surface area contributed by atoms with Crippen molar-refractivity contribution in [1.29, 1.82) is 0 Å². The molecule has 21 heavy (non-hydrogen) atoms. The van der Waals surface area contributed by atoms with Crippen molar-refractivity contribution in [3.8, 4) is 0 Å². The van der Waals surface area contributed by atoms with Crippen molar-refractivity contribution in [1.82, 2.24) is 9.71 Å². The van der Waals surface area contributed by atoms with Crippen LogP contribution in [0.3, 0.4) is 0 Å². The average molecular weight is 303 g/mol. The summed E-state index contributed by atoms with van der Waals surface area (Å²) in [6.45, 7) is 0. The average Bonchev–Trinajstić information content (AvgIpc) is 2.88. The Bertz CT molecular complexity index is 734. The summed E-state index contributed by atoms with van der Waals surface area (Å²) in [5, 5.41) is 2.88. The predicted octanol–water partition coefficient (Wildman–Crippen LogP) is 1.57. The van der Waals surface area contributed by atoms with Gasteiger partial charge in [-0.15, -0.1) is 0 Å². The molecule has 1 heterocycles. The smallest absolute Gasteiger partial charge is 0.244 e. The number of nitrogens with zero attached hydrogens (tertiary/aromatic N) is 1. The Hall–Kier alpha value is -1.92. The molecule has 2 aromatic rings. The van der Waals surface area contributed by atoms with Gasteiger partial charge in [0.25, 0.3) is 0 Å². The molecule has 0 radical (unpaired) electrons. The van der Waals surface area contributed by atoms with Gasteiger partial charge in [-0.3, -0.25) is 4.98 Å². The molecular weight excluding hydrogens is 286 g/mol. The van der Waals surface area contributed by atoms with Crippen molar-refractivity contribution >= 4 is 15.7 Å². The first kappa shape index (κ1) is 14.0. The lowest BCUT2D eigenvalue weighted by molar-refractivity contribution is 0.555.